The monoisotopic (exact) mass is 284 g/mol. The van der Waals surface area contributed by atoms with Crippen molar-refractivity contribution in [2.45, 2.75) is 45.6 Å². The van der Waals surface area contributed by atoms with Crippen molar-refractivity contribution in [3.8, 4) is 11.8 Å². The maximum atomic E-state index is 12.5. The molecule has 0 spiro atoms. The average Bonchev–Trinajstić information content (AvgIpc) is 3.00. The second-order valence-corrected chi connectivity index (χ2v) is 5.84. The molecule has 21 heavy (non-hydrogen) atoms. The lowest BCUT2D eigenvalue weighted by Gasteiger charge is -2.21. The zero-order chi connectivity index (χ0) is 15.2. The Balaban J connectivity index is 2.10. The summed E-state index contributed by atoms with van der Waals surface area (Å²) >= 11 is 0. The molecule has 2 rings (SSSR count). The standard InChI is InChI=1S/C18H24N2O/c1-13-9-10-15(6-5-11-19)12-17(13)18(21)20-14(2)16-7-3-4-8-16/h9-10,12,14,16H,3-4,7-8,11,19H2,1-2H3,(H,20,21). The predicted molar refractivity (Wildman–Crippen MR) is 86.0 cm³/mol. The summed E-state index contributed by atoms with van der Waals surface area (Å²) in [5.74, 6) is 6.42. The molecular weight excluding hydrogens is 260 g/mol. The van der Waals surface area contributed by atoms with Crippen LogP contribution in [0.15, 0.2) is 18.2 Å². The average molecular weight is 284 g/mol. The third-order valence-corrected chi connectivity index (χ3v) is 4.28. The summed E-state index contributed by atoms with van der Waals surface area (Å²) in [5, 5.41) is 3.15. The van der Waals surface area contributed by atoms with Gasteiger partial charge in [-0.1, -0.05) is 30.7 Å². The topological polar surface area (TPSA) is 55.1 Å². The van der Waals surface area contributed by atoms with Gasteiger partial charge in [0.15, 0.2) is 0 Å². The van der Waals surface area contributed by atoms with Gasteiger partial charge in [0, 0.05) is 17.2 Å². The molecule has 0 heterocycles. The van der Waals surface area contributed by atoms with Crippen LogP contribution in [0.2, 0.25) is 0 Å². The van der Waals surface area contributed by atoms with Gasteiger partial charge < -0.3 is 11.1 Å². The molecule has 3 nitrogen and oxygen atoms in total. The van der Waals surface area contributed by atoms with Crippen molar-refractivity contribution in [1.82, 2.24) is 5.32 Å². The van der Waals surface area contributed by atoms with E-state index in [9.17, 15) is 4.79 Å². The lowest BCUT2D eigenvalue weighted by Crippen LogP contribution is -2.37. The summed E-state index contributed by atoms with van der Waals surface area (Å²) < 4.78 is 0. The Labute approximate surface area is 127 Å². The molecule has 1 amide bonds. The minimum absolute atomic E-state index is 0.00305. The van der Waals surface area contributed by atoms with E-state index in [2.05, 4.69) is 24.1 Å². The van der Waals surface area contributed by atoms with Crippen molar-refractivity contribution in [2.24, 2.45) is 11.7 Å². The number of carbonyl (C=O) groups excluding carboxylic acids is 1. The Morgan fingerprint density at radius 1 is 1.43 bits per heavy atom. The molecule has 1 atom stereocenters. The first-order valence-corrected chi connectivity index (χ1v) is 7.72. The Kier molecular flexibility index (Phi) is 5.41. The van der Waals surface area contributed by atoms with Gasteiger partial charge >= 0.3 is 0 Å². The highest BCUT2D eigenvalue weighted by Gasteiger charge is 2.23. The van der Waals surface area contributed by atoms with Crippen molar-refractivity contribution >= 4 is 5.91 Å². The van der Waals surface area contributed by atoms with Crippen LogP contribution in [0.25, 0.3) is 0 Å². The van der Waals surface area contributed by atoms with Gasteiger partial charge in [-0.05, 0) is 50.3 Å². The highest BCUT2D eigenvalue weighted by atomic mass is 16.1. The van der Waals surface area contributed by atoms with Gasteiger partial charge in [-0.2, -0.15) is 0 Å². The molecule has 3 N–H and O–H groups in total. The number of benzene rings is 1. The molecule has 1 aromatic rings. The molecule has 0 bridgehead atoms. The number of hydrogen-bond donors (Lipinski definition) is 2. The van der Waals surface area contributed by atoms with Crippen molar-refractivity contribution in [3.63, 3.8) is 0 Å². The van der Waals surface area contributed by atoms with Crippen LogP contribution in [0.5, 0.6) is 0 Å². The van der Waals surface area contributed by atoms with Crippen molar-refractivity contribution in [1.29, 1.82) is 0 Å². The Morgan fingerprint density at radius 2 is 2.14 bits per heavy atom. The summed E-state index contributed by atoms with van der Waals surface area (Å²) in [6, 6.07) is 5.96. The molecule has 112 valence electrons. The molecule has 1 saturated carbocycles. The molecule has 3 heteroatoms. The molecule has 0 saturated heterocycles. The molecule has 0 radical (unpaired) electrons. The van der Waals surface area contributed by atoms with E-state index in [1.165, 1.54) is 25.7 Å². The Morgan fingerprint density at radius 3 is 2.81 bits per heavy atom. The van der Waals surface area contributed by atoms with Gasteiger partial charge in [-0.25, -0.2) is 0 Å². The highest BCUT2D eigenvalue weighted by molar-refractivity contribution is 5.96. The zero-order valence-electron chi connectivity index (χ0n) is 12.9. The van der Waals surface area contributed by atoms with Crippen LogP contribution in [-0.4, -0.2) is 18.5 Å². The highest BCUT2D eigenvalue weighted by Crippen LogP contribution is 2.27. The van der Waals surface area contributed by atoms with E-state index >= 15 is 0 Å². The normalized spacial score (nSPS) is 16.1. The maximum Gasteiger partial charge on any atom is 0.251 e. The fourth-order valence-electron chi connectivity index (χ4n) is 2.96. The molecule has 0 aromatic heterocycles. The second-order valence-electron chi connectivity index (χ2n) is 5.84. The third-order valence-electron chi connectivity index (χ3n) is 4.28. The molecule has 1 fully saturated rings. The molecule has 1 aliphatic carbocycles. The number of aryl methyl sites for hydroxylation is 1. The van der Waals surface area contributed by atoms with Crippen molar-refractivity contribution in [2.75, 3.05) is 6.54 Å². The van der Waals surface area contributed by atoms with Gasteiger partial charge in [-0.15, -0.1) is 0 Å². The van der Waals surface area contributed by atoms with Gasteiger partial charge in [0.2, 0.25) is 0 Å². The maximum absolute atomic E-state index is 12.5. The lowest BCUT2D eigenvalue weighted by atomic mass is 9.98. The van der Waals surface area contributed by atoms with Gasteiger partial charge in [-0.3, -0.25) is 4.79 Å². The Hall–Kier alpha value is -1.79. The molecule has 1 aromatic carbocycles. The van der Waals surface area contributed by atoms with E-state index in [-0.39, 0.29) is 11.9 Å². The van der Waals surface area contributed by atoms with Crippen LogP contribution in [0, 0.1) is 24.7 Å². The van der Waals surface area contributed by atoms with Crippen LogP contribution in [0.3, 0.4) is 0 Å². The van der Waals surface area contributed by atoms with E-state index < -0.39 is 0 Å². The number of nitrogens with two attached hydrogens (primary N) is 1. The van der Waals surface area contributed by atoms with Gasteiger partial charge in [0.25, 0.3) is 5.91 Å². The lowest BCUT2D eigenvalue weighted by molar-refractivity contribution is 0.0926. The van der Waals surface area contributed by atoms with Crippen LogP contribution in [0.4, 0.5) is 0 Å². The fraction of sp³-hybridized carbons (Fsp3) is 0.500. The van der Waals surface area contributed by atoms with Gasteiger partial charge in [0.1, 0.15) is 0 Å². The van der Waals surface area contributed by atoms with Crippen LogP contribution in [0.1, 0.15) is 54.1 Å². The number of nitrogens with one attached hydrogen (secondary N) is 1. The quantitative estimate of drug-likeness (QED) is 0.838. The fourth-order valence-corrected chi connectivity index (χ4v) is 2.96. The number of rotatable bonds is 3. The largest absolute Gasteiger partial charge is 0.349 e. The smallest absolute Gasteiger partial charge is 0.251 e. The first kappa shape index (κ1) is 15.6. The van der Waals surface area contributed by atoms with E-state index in [1.54, 1.807) is 0 Å². The molecule has 0 aliphatic heterocycles. The van der Waals surface area contributed by atoms with Crippen LogP contribution in [-0.2, 0) is 0 Å². The number of carbonyl (C=O) groups is 1. The van der Waals surface area contributed by atoms with E-state index in [0.29, 0.717) is 18.0 Å². The third kappa shape index (κ3) is 4.09. The summed E-state index contributed by atoms with van der Waals surface area (Å²) in [6.45, 7) is 4.39. The molecule has 1 aliphatic rings. The molecular formula is C18H24N2O. The van der Waals surface area contributed by atoms with Crippen molar-refractivity contribution < 1.29 is 4.79 Å². The van der Waals surface area contributed by atoms with E-state index in [0.717, 1.165) is 11.1 Å². The Bertz CT molecular complexity index is 562. The second kappa shape index (κ2) is 7.28. The number of amides is 1. The number of hydrogen-bond acceptors (Lipinski definition) is 2. The summed E-state index contributed by atoms with van der Waals surface area (Å²) in [5.41, 5.74) is 7.91. The van der Waals surface area contributed by atoms with E-state index in [4.69, 9.17) is 5.73 Å². The minimum Gasteiger partial charge on any atom is -0.349 e. The SMILES string of the molecule is Cc1ccc(C#CCN)cc1C(=O)NC(C)C1CCCC1. The van der Waals surface area contributed by atoms with Crippen LogP contribution >= 0.6 is 0 Å². The van der Waals surface area contributed by atoms with Gasteiger partial charge in [0.05, 0.1) is 6.54 Å². The van der Waals surface area contributed by atoms with E-state index in [1.807, 2.05) is 25.1 Å². The summed E-state index contributed by atoms with van der Waals surface area (Å²) in [6.07, 6.45) is 5.02. The molecule has 1 unspecified atom stereocenters. The predicted octanol–water partition coefficient (Wildman–Crippen LogP) is 2.61. The van der Waals surface area contributed by atoms with Crippen molar-refractivity contribution in [3.05, 3.63) is 34.9 Å². The minimum atomic E-state index is 0.00305. The first-order valence-electron chi connectivity index (χ1n) is 7.72. The van der Waals surface area contributed by atoms with Crippen LogP contribution < -0.4 is 11.1 Å². The zero-order valence-corrected chi connectivity index (χ0v) is 12.9. The first-order chi connectivity index (χ1) is 10.1. The summed E-state index contributed by atoms with van der Waals surface area (Å²) in [4.78, 5) is 12.5. The summed E-state index contributed by atoms with van der Waals surface area (Å²) in [7, 11) is 0.